The summed E-state index contributed by atoms with van der Waals surface area (Å²) in [6.45, 7) is 11.9. The number of piperazine rings is 1. The molecule has 0 unspecified atom stereocenters. The molecule has 2 aliphatic heterocycles. The highest BCUT2D eigenvalue weighted by Crippen LogP contribution is 2.17. The van der Waals surface area contributed by atoms with Crippen LogP contribution in [0.1, 0.15) is 43.7 Å². The van der Waals surface area contributed by atoms with E-state index in [0.717, 1.165) is 51.6 Å². The fraction of sp³-hybridized carbons (Fsp3) is 0.682. The molecule has 2 aliphatic rings. The Hall–Kier alpha value is -0.560. The van der Waals surface area contributed by atoms with Crippen molar-refractivity contribution in [2.24, 2.45) is 5.92 Å². The number of piperidine rings is 1. The van der Waals surface area contributed by atoms with Gasteiger partial charge in [0.25, 0.3) is 0 Å². The Labute approximate surface area is 200 Å². The van der Waals surface area contributed by atoms with Gasteiger partial charge in [0.05, 0.1) is 0 Å². The number of nitrogens with one attached hydrogen (secondary N) is 2. The third kappa shape index (κ3) is 10.2. The first kappa shape index (κ1) is 29.4. The molecule has 1 aromatic rings. The zero-order valence-electron chi connectivity index (χ0n) is 18.1. The molecule has 5 nitrogen and oxygen atoms in total. The average Bonchev–Trinajstić information content (AvgIpc) is 2.73. The molecule has 1 amide bonds. The SMILES string of the molecule is CCN1CCN(Cc2ccc(CNC(=O)CCC3CCNCC3)cc2)CC1.Cl.Cl.Cl. The molecule has 0 atom stereocenters. The van der Waals surface area contributed by atoms with Crippen molar-refractivity contribution >= 4 is 43.1 Å². The molecule has 8 heteroatoms. The highest BCUT2D eigenvalue weighted by molar-refractivity contribution is 5.86. The number of amides is 1. The summed E-state index contributed by atoms with van der Waals surface area (Å²) in [6, 6.07) is 8.74. The molecule has 2 saturated heterocycles. The van der Waals surface area contributed by atoms with Gasteiger partial charge in [0, 0.05) is 45.7 Å². The van der Waals surface area contributed by atoms with Crippen molar-refractivity contribution in [2.45, 2.75) is 45.7 Å². The highest BCUT2D eigenvalue weighted by atomic mass is 35.5. The van der Waals surface area contributed by atoms with Crippen LogP contribution in [0.25, 0.3) is 0 Å². The first-order valence-corrected chi connectivity index (χ1v) is 10.7. The van der Waals surface area contributed by atoms with Gasteiger partial charge in [0.2, 0.25) is 5.91 Å². The van der Waals surface area contributed by atoms with Crippen LogP contribution in [-0.4, -0.2) is 61.5 Å². The summed E-state index contributed by atoms with van der Waals surface area (Å²) >= 11 is 0. The molecule has 0 spiro atoms. The molecule has 0 bridgehead atoms. The standard InChI is InChI=1S/C22H36N4O.3ClH/c1-2-25-13-15-26(16-14-25)18-21-5-3-20(4-6-21)17-24-22(27)8-7-19-9-11-23-12-10-19;;;/h3-6,19,23H,2,7-18H2,1H3,(H,24,27);3*1H. The smallest absolute Gasteiger partial charge is 0.220 e. The van der Waals surface area contributed by atoms with Crippen LogP contribution < -0.4 is 10.6 Å². The lowest BCUT2D eigenvalue weighted by molar-refractivity contribution is -0.121. The lowest BCUT2D eigenvalue weighted by Gasteiger charge is -2.34. The molecule has 30 heavy (non-hydrogen) atoms. The quantitative estimate of drug-likeness (QED) is 0.597. The van der Waals surface area contributed by atoms with Crippen molar-refractivity contribution in [1.29, 1.82) is 0 Å². The second-order valence-corrected chi connectivity index (χ2v) is 8.04. The minimum atomic E-state index is 0. The largest absolute Gasteiger partial charge is 0.352 e. The first-order valence-electron chi connectivity index (χ1n) is 10.7. The van der Waals surface area contributed by atoms with E-state index in [1.807, 2.05) is 0 Å². The molecule has 3 rings (SSSR count). The predicted octanol–water partition coefficient (Wildman–Crippen LogP) is 3.49. The van der Waals surface area contributed by atoms with Gasteiger partial charge in [-0.05, 0) is 55.9 Å². The number of hydrogen-bond acceptors (Lipinski definition) is 4. The maximum atomic E-state index is 12.1. The first-order chi connectivity index (χ1) is 13.2. The zero-order chi connectivity index (χ0) is 18.9. The van der Waals surface area contributed by atoms with Gasteiger partial charge in [-0.15, -0.1) is 37.2 Å². The zero-order valence-corrected chi connectivity index (χ0v) is 20.6. The van der Waals surface area contributed by atoms with Crippen molar-refractivity contribution in [2.75, 3.05) is 45.8 Å². The maximum absolute atomic E-state index is 12.1. The van der Waals surface area contributed by atoms with Crippen molar-refractivity contribution in [3.05, 3.63) is 35.4 Å². The molecular formula is C22H39Cl3N4O. The number of benzene rings is 1. The number of carbonyl (C=O) groups is 1. The molecular weight excluding hydrogens is 443 g/mol. The normalized spacial score (nSPS) is 17.9. The molecule has 0 saturated carbocycles. The maximum Gasteiger partial charge on any atom is 0.220 e. The Morgan fingerprint density at radius 2 is 1.53 bits per heavy atom. The van der Waals surface area contributed by atoms with Crippen molar-refractivity contribution < 1.29 is 4.79 Å². The number of nitrogens with zero attached hydrogens (tertiary/aromatic N) is 2. The van der Waals surface area contributed by atoms with Crippen molar-refractivity contribution in [3.63, 3.8) is 0 Å². The van der Waals surface area contributed by atoms with Crippen LogP contribution in [-0.2, 0) is 17.9 Å². The summed E-state index contributed by atoms with van der Waals surface area (Å²) in [6.07, 6.45) is 4.11. The van der Waals surface area contributed by atoms with E-state index in [9.17, 15) is 4.79 Å². The van der Waals surface area contributed by atoms with Gasteiger partial charge in [0.1, 0.15) is 0 Å². The van der Waals surface area contributed by atoms with E-state index in [1.54, 1.807) is 0 Å². The third-order valence-corrected chi connectivity index (χ3v) is 6.07. The number of likely N-dealkylation sites (N-methyl/N-ethyl adjacent to an activating group) is 1. The Morgan fingerprint density at radius 3 is 2.13 bits per heavy atom. The molecule has 2 heterocycles. The summed E-state index contributed by atoms with van der Waals surface area (Å²) in [4.78, 5) is 17.1. The Morgan fingerprint density at radius 1 is 0.967 bits per heavy atom. The number of carbonyl (C=O) groups excluding carboxylic acids is 1. The van der Waals surface area contributed by atoms with E-state index in [-0.39, 0.29) is 43.1 Å². The molecule has 0 radical (unpaired) electrons. The van der Waals surface area contributed by atoms with Gasteiger partial charge in [0.15, 0.2) is 0 Å². The van der Waals surface area contributed by atoms with Gasteiger partial charge in [-0.25, -0.2) is 0 Å². The fourth-order valence-electron chi connectivity index (χ4n) is 4.08. The summed E-state index contributed by atoms with van der Waals surface area (Å²) in [7, 11) is 0. The minimum Gasteiger partial charge on any atom is -0.352 e. The van der Waals surface area contributed by atoms with Crippen molar-refractivity contribution in [3.8, 4) is 0 Å². The summed E-state index contributed by atoms with van der Waals surface area (Å²) in [5.41, 5.74) is 2.55. The monoisotopic (exact) mass is 480 g/mol. The highest BCUT2D eigenvalue weighted by Gasteiger charge is 2.16. The van der Waals surface area contributed by atoms with Crippen LogP contribution in [0.3, 0.4) is 0 Å². The molecule has 2 fully saturated rings. The average molecular weight is 482 g/mol. The number of hydrogen-bond donors (Lipinski definition) is 2. The van der Waals surface area contributed by atoms with E-state index in [0.29, 0.717) is 13.0 Å². The van der Waals surface area contributed by atoms with Crippen LogP contribution in [0, 0.1) is 5.92 Å². The van der Waals surface area contributed by atoms with Crippen LogP contribution in [0.5, 0.6) is 0 Å². The van der Waals surface area contributed by atoms with Crippen LogP contribution in [0.4, 0.5) is 0 Å². The van der Waals surface area contributed by atoms with E-state index in [2.05, 4.69) is 51.6 Å². The van der Waals surface area contributed by atoms with E-state index in [1.165, 1.54) is 37.1 Å². The van der Waals surface area contributed by atoms with Crippen LogP contribution in [0.15, 0.2) is 24.3 Å². The second kappa shape index (κ2) is 16.1. The van der Waals surface area contributed by atoms with E-state index < -0.39 is 0 Å². The molecule has 174 valence electrons. The topological polar surface area (TPSA) is 47.6 Å². The second-order valence-electron chi connectivity index (χ2n) is 8.04. The van der Waals surface area contributed by atoms with Gasteiger partial charge >= 0.3 is 0 Å². The molecule has 1 aromatic carbocycles. The Bertz CT molecular complexity index is 574. The van der Waals surface area contributed by atoms with Crippen molar-refractivity contribution in [1.82, 2.24) is 20.4 Å². The predicted molar refractivity (Wildman–Crippen MR) is 132 cm³/mol. The van der Waals surface area contributed by atoms with E-state index in [4.69, 9.17) is 0 Å². The van der Waals surface area contributed by atoms with Gasteiger partial charge in [-0.1, -0.05) is 31.2 Å². The van der Waals surface area contributed by atoms with Gasteiger partial charge < -0.3 is 15.5 Å². The van der Waals surface area contributed by atoms with Crippen LogP contribution in [0.2, 0.25) is 0 Å². The molecule has 0 aromatic heterocycles. The fourth-order valence-corrected chi connectivity index (χ4v) is 4.08. The van der Waals surface area contributed by atoms with Gasteiger partial charge in [-0.2, -0.15) is 0 Å². The molecule has 2 N–H and O–H groups in total. The van der Waals surface area contributed by atoms with Gasteiger partial charge in [-0.3, -0.25) is 9.69 Å². The lowest BCUT2D eigenvalue weighted by Crippen LogP contribution is -2.45. The Balaban J connectivity index is 0.00000280. The number of halogens is 3. The minimum absolute atomic E-state index is 0. The summed E-state index contributed by atoms with van der Waals surface area (Å²) < 4.78 is 0. The van der Waals surface area contributed by atoms with E-state index >= 15 is 0 Å². The summed E-state index contributed by atoms with van der Waals surface area (Å²) in [5.74, 6) is 0.905. The summed E-state index contributed by atoms with van der Waals surface area (Å²) in [5, 5.41) is 6.46. The third-order valence-electron chi connectivity index (χ3n) is 6.07. The number of rotatable bonds is 8. The van der Waals surface area contributed by atoms with Crippen LogP contribution >= 0.6 is 37.2 Å². The Kier molecular flexibility index (Phi) is 15.8. The lowest BCUT2D eigenvalue weighted by atomic mass is 9.93. The molecule has 0 aliphatic carbocycles.